The molecule has 1 aromatic heterocycles. The van der Waals surface area contributed by atoms with Crippen LogP contribution in [0.1, 0.15) is 0 Å². The van der Waals surface area contributed by atoms with E-state index in [0.29, 0.717) is 5.56 Å². The molecule has 0 atom stereocenters. The van der Waals surface area contributed by atoms with Gasteiger partial charge >= 0.3 is 0 Å². The number of methoxy groups -OCH3 is 1. The molecule has 1 aromatic carbocycles. The van der Waals surface area contributed by atoms with Crippen LogP contribution in [-0.4, -0.2) is 17.1 Å². The zero-order valence-corrected chi connectivity index (χ0v) is 9.50. The average Bonchev–Trinajstić information content (AvgIpc) is 2.34. The number of hydrogen-bond acceptors (Lipinski definition) is 3. The summed E-state index contributed by atoms with van der Waals surface area (Å²) in [7, 11) is 1.27. The summed E-state index contributed by atoms with van der Waals surface area (Å²) in [5, 5.41) is 0.0446. The topological polar surface area (TPSA) is 35.0 Å². The van der Waals surface area contributed by atoms with Gasteiger partial charge in [-0.05, 0) is 23.7 Å². The summed E-state index contributed by atoms with van der Waals surface area (Å²) in [5.41, 5.74) is 0.397. The van der Waals surface area contributed by atoms with Gasteiger partial charge < -0.3 is 4.74 Å². The number of ether oxygens (including phenoxy) is 1. The molecule has 0 saturated carbocycles. The zero-order chi connectivity index (χ0) is 12.4. The summed E-state index contributed by atoms with van der Waals surface area (Å²) in [6.07, 6.45) is 2.64. The second kappa shape index (κ2) is 4.63. The van der Waals surface area contributed by atoms with E-state index < -0.39 is 11.6 Å². The van der Waals surface area contributed by atoms with Crippen molar-refractivity contribution >= 4 is 11.6 Å². The molecule has 88 valence electrons. The van der Waals surface area contributed by atoms with Gasteiger partial charge in [-0.25, -0.2) is 14.4 Å². The maximum Gasteiger partial charge on any atom is 0.222 e. The van der Waals surface area contributed by atoms with Crippen molar-refractivity contribution < 1.29 is 13.5 Å². The summed E-state index contributed by atoms with van der Waals surface area (Å²) in [5.74, 6) is -2.20. The monoisotopic (exact) mass is 256 g/mol. The number of rotatable bonds is 2. The molecule has 2 aromatic rings. The van der Waals surface area contributed by atoms with E-state index in [1.54, 1.807) is 0 Å². The van der Waals surface area contributed by atoms with Crippen LogP contribution in [0.5, 0.6) is 5.75 Å². The Morgan fingerprint density at radius 1 is 1.12 bits per heavy atom. The molecule has 0 amide bonds. The van der Waals surface area contributed by atoms with Crippen molar-refractivity contribution in [2.75, 3.05) is 7.11 Å². The summed E-state index contributed by atoms with van der Waals surface area (Å²) < 4.78 is 31.8. The SMILES string of the molecule is COc1ccc(-c2cnc(Cl)nc2)c(F)c1F. The molecule has 3 nitrogen and oxygen atoms in total. The fourth-order valence-corrected chi connectivity index (χ4v) is 1.46. The molecule has 0 bridgehead atoms. The Morgan fingerprint density at radius 3 is 2.35 bits per heavy atom. The normalized spacial score (nSPS) is 10.4. The van der Waals surface area contributed by atoms with Gasteiger partial charge in [-0.3, -0.25) is 0 Å². The predicted molar refractivity (Wildman–Crippen MR) is 58.9 cm³/mol. The van der Waals surface area contributed by atoms with E-state index in [2.05, 4.69) is 14.7 Å². The van der Waals surface area contributed by atoms with Crippen molar-refractivity contribution in [1.82, 2.24) is 9.97 Å². The third-order valence-electron chi connectivity index (χ3n) is 2.20. The molecule has 0 aliphatic heterocycles. The molecule has 17 heavy (non-hydrogen) atoms. The van der Waals surface area contributed by atoms with Crippen LogP contribution < -0.4 is 4.74 Å². The van der Waals surface area contributed by atoms with Gasteiger partial charge in [0.25, 0.3) is 0 Å². The van der Waals surface area contributed by atoms with Crippen molar-refractivity contribution in [1.29, 1.82) is 0 Å². The van der Waals surface area contributed by atoms with Crippen LogP contribution >= 0.6 is 11.6 Å². The second-order valence-electron chi connectivity index (χ2n) is 3.18. The zero-order valence-electron chi connectivity index (χ0n) is 8.75. The Labute approximate surface area is 101 Å². The highest BCUT2D eigenvalue weighted by Crippen LogP contribution is 2.28. The minimum Gasteiger partial charge on any atom is -0.494 e. The highest BCUT2D eigenvalue weighted by atomic mass is 35.5. The molecule has 0 aliphatic carbocycles. The van der Waals surface area contributed by atoms with Gasteiger partial charge in [-0.1, -0.05) is 0 Å². The molecule has 6 heteroatoms. The minimum atomic E-state index is -1.04. The quantitative estimate of drug-likeness (QED) is 0.775. The summed E-state index contributed by atoms with van der Waals surface area (Å²) in [6.45, 7) is 0. The molecule has 0 saturated heterocycles. The first-order valence-corrected chi connectivity index (χ1v) is 5.01. The standard InChI is InChI=1S/C11H7ClF2N2O/c1-17-8-3-2-7(9(13)10(8)14)6-4-15-11(12)16-5-6/h2-5H,1H3. The molecule has 0 fully saturated rings. The Hall–Kier alpha value is -1.75. The van der Waals surface area contributed by atoms with Crippen molar-refractivity contribution in [3.05, 3.63) is 41.4 Å². The van der Waals surface area contributed by atoms with Crippen molar-refractivity contribution in [2.45, 2.75) is 0 Å². The van der Waals surface area contributed by atoms with Gasteiger partial charge in [0.1, 0.15) is 0 Å². The Bertz CT molecular complexity index is 546. The molecular weight excluding hydrogens is 250 g/mol. The lowest BCUT2D eigenvalue weighted by Gasteiger charge is -2.07. The first-order chi connectivity index (χ1) is 8.13. The second-order valence-corrected chi connectivity index (χ2v) is 3.52. The maximum absolute atomic E-state index is 13.7. The smallest absolute Gasteiger partial charge is 0.222 e. The van der Waals surface area contributed by atoms with Gasteiger partial charge in [-0.2, -0.15) is 4.39 Å². The fourth-order valence-electron chi connectivity index (χ4n) is 1.36. The Morgan fingerprint density at radius 2 is 1.76 bits per heavy atom. The highest BCUT2D eigenvalue weighted by molar-refractivity contribution is 6.28. The number of benzene rings is 1. The molecule has 0 spiro atoms. The van der Waals surface area contributed by atoms with Gasteiger partial charge in [0, 0.05) is 23.5 Å². The minimum absolute atomic E-state index is 0.0446. The average molecular weight is 257 g/mol. The molecule has 0 N–H and O–H groups in total. The fraction of sp³-hybridized carbons (Fsp3) is 0.0909. The summed E-state index contributed by atoms with van der Waals surface area (Å²) in [4.78, 5) is 7.41. The van der Waals surface area contributed by atoms with Crippen LogP contribution in [0.3, 0.4) is 0 Å². The van der Waals surface area contributed by atoms with Crippen LogP contribution in [0.15, 0.2) is 24.5 Å². The Kier molecular flexibility index (Phi) is 3.19. The molecule has 1 heterocycles. The third-order valence-corrected chi connectivity index (χ3v) is 2.39. The first-order valence-electron chi connectivity index (χ1n) is 4.63. The van der Waals surface area contributed by atoms with Crippen molar-refractivity contribution in [3.63, 3.8) is 0 Å². The first kappa shape index (κ1) is 11.7. The van der Waals surface area contributed by atoms with Crippen LogP contribution in [0.2, 0.25) is 5.28 Å². The predicted octanol–water partition coefficient (Wildman–Crippen LogP) is 3.08. The lowest BCUT2D eigenvalue weighted by atomic mass is 10.1. The van der Waals surface area contributed by atoms with E-state index in [1.807, 2.05) is 0 Å². The van der Waals surface area contributed by atoms with E-state index in [1.165, 1.54) is 31.6 Å². The highest BCUT2D eigenvalue weighted by Gasteiger charge is 2.15. The van der Waals surface area contributed by atoms with E-state index in [0.717, 1.165) is 0 Å². The van der Waals surface area contributed by atoms with Crippen LogP contribution in [0.25, 0.3) is 11.1 Å². The van der Waals surface area contributed by atoms with E-state index in [-0.39, 0.29) is 16.6 Å². The maximum atomic E-state index is 13.7. The lowest BCUT2D eigenvalue weighted by molar-refractivity contribution is 0.372. The van der Waals surface area contributed by atoms with Gasteiger partial charge in [0.05, 0.1) is 7.11 Å². The van der Waals surface area contributed by atoms with E-state index >= 15 is 0 Å². The van der Waals surface area contributed by atoms with Crippen molar-refractivity contribution in [3.8, 4) is 16.9 Å². The Balaban J connectivity index is 2.53. The molecule has 0 unspecified atom stereocenters. The van der Waals surface area contributed by atoms with Crippen molar-refractivity contribution in [2.24, 2.45) is 0 Å². The lowest BCUT2D eigenvalue weighted by Crippen LogP contribution is -1.95. The van der Waals surface area contributed by atoms with Gasteiger partial charge in [0.2, 0.25) is 11.1 Å². The number of aromatic nitrogens is 2. The van der Waals surface area contributed by atoms with Gasteiger partial charge in [0.15, 0.2) is 11.6 Å². The largest absolute Gasteiger partial charge is 0.494 e. The van der Waals surface area contributed by atoms with E-state index in [9.17, 15) is 8.78 Å². The number of halogens is 3. The van der Waals surface area contributed by atoms with Crippen LogP contribution in [0, 0.1) is 11.6 Å². The molecular formula is C11H7ClF2N2O. The molecule has 0 radical (unpaired) electrons. The van der Waals surface area contributed by atoms with E-state index in [4.69, 9.17) is 11.6 Å². The molecule has 2 rings (SSSR count). The number of nitrogens with zero attached hydrogens (tertiary/aromatic N) is 2. The number of hydrogen-bond donors (Lipinski definition) is 0. The third kappa shape index (κ3) is 2.19. The van der Waals surface area contributed by atoms with Crippen LogP contribution in [0.4, 0.5) is 8.78 Å². The van der Waals surface area contributed by atoms with Gasteiger partial charge in [-0.15, -0.1) is 0 Å². The summed E-state index contributed by atoms with van der Waals surface area (Å²) >= 11 is 5.51. The molecule has 0 aliphatic rings. The van der Waals surface area contributed by atoms with Crippen LogP contribution in [-0.2, 0) is 0 Å². The summed E-state index contributed by atoms with van der Waals surface area (Å²) in [6, 6.07) is 2.73.